The maximum absolute atomic E-state index is 13.0. The van der Waals surface area contributed by atoms with Gasteiger partial charge < -0.3 is 9.64 Å². The van der Waals surface area contributed by atoms with E-state index in [1.54, 1.807) is 0 Å². The van der Waals surface area contributed by atoms with Crippen LogP contribution in [0.1, 0.15) is 78.1 Å². The second-order valence-electron chi connectivity index (χ2n) is 9.42. The van der Waals surface area contributed by atoms with Crippen LogP contribution in [0.4, 0.5) is 4.79 Å². The fourth-order valence-electron chi connectivity index (χ4n) is 6.58. The quantitative estimate of drug-likeness (QED) is 0.691. The first-order valence-corrected chi connectivity index (χ1v) is 10.6. The molecule has 0 aromatic carbocycles. The van der Waals surface area contributed by atoms with Crippen molar-refractivity contribution in [2.24, 2.45) is 29.6 Å². The molecule has 0 N–H and O–H groups in total. The first-order chi connectivity index (χ1) is 11.6. The first kappa shape index (κ1) is 16.7. The summed E-state index contributed by atoms with van der Waals surface area (Å²) in [6, 6.07) is 0. The second-order valence-corrected chi connectivity index (χ2v) is 9.42. The van der Waals surface area contributed by atoms with Gasteiger partial charge in [0, 0.05) is 13.1 Å². The molecule has 1 saturated heterocycles. The minimum Gasteiger partial charge on any atom is -0.443 e. The first-order valence-electron chi connectivity index (χ1n) is 10.6. The van der Waals surface area contributed by atoms with Gasteiger partial charge in [-0.3, -0.25) is 0 Å². The van der Waals surface area contributed by atoms with Gasteiger partial charge in [0.1, 0.15) is 5.60 Å². The average Bonchev–Trinajstić information content (AvgIpc) is 3.05. The molecule has 4 rings (SSSR count). The molecule has 3 saturated carbocycles. The van der Waals surface area contributed by atoms with Gasteiger partial charge in [-0.15, -0.1) is 0 Å². The van der Waals surface area contributed by atoms with Crippen LogP contribution in [0.5, 0.6) is 0 Å². The molecular weight excluding hydrogens is 298 g/mol. The van der Waals surface area contributed by atoms with Crippen molar-refractivity contribution in [2.45, 2.75) is 83.7 Å². The van der Waals surface area contributed by atoms with E-state index < -0.39 is 0 Å². The van der Waals surface area contributed by atoms with Crippen LogP contribution in [0.3, 0.4) is 0 Å². The number of ether oxygens (including phenoxy) is 1. The van der Waals surface area contributed by atoms with Crippen LogP contribution in [0.25, 0.3) is 0 Å². The normalized spacial score (nSPS) is 38.0. The summed E-state index contributed by atoms with van der Waals surface area (Å²) in [6.45, 7) is 6.37. The Hall–Kier alpha value is -0.730. The average molecular weight is 334 g/mol. The van der Waals surface area contributed by atoms with Crippen molar-refractivity contribution in [1.82, 2.24) is 4.90 Å². The summed E-state index contributed by atoms with van der Waals surface area (Å²) in [5.74, 6) is 3.78. The number of amides is 1. The van der Waals surface area contributed by atoms with E-state index in [2.05, 4.69) is 18.7 Å². The van der Waals surface area contributed by atoms with Gasteiger partial charge in [-0.1, -0.05) is 39.5 Å². The minimum atomic E-state index is -0.185. The summed E-state index contributed by atoms with van der Waals surface area (Å²) < 4.78 is 6.20. The molecule has 0 aromatic rings. The number of piperidine rings is 1. The molecule has 3 aliphatic carbocycles. The zero-order valence-electron chi connectivity index (χ0n) is 15.6. The standard InChI is InChI=1S/C21H35NO2/c1-15(2)21(11-3-4-12-21)24-20(23)22-13-17-9-5-7-16-8-6-10-18(14-22)19(16)17/h15-19H,3-14H2,1-2H3. The van der Waals surface area contributed by atoms with Crippen LogP contribution in [0.2, 0.25) is 0 Å². The lowest BCUT2D eigenvalue weighted by Gasteiger charge is -2.52. The monoisotopic (exact) mass is 333 g/mol. The van der Waals surface area contributed by atoms with E-state index in [0.717, 1.165) is 49.6 Å². The molecule has 1 heterocycles. The summed E-state index contributed by atoms with van der Waals surface area (Å²) in [7, 11) is 0. The predicted octanol–water partition coefficient (Wildman–Crippen LogP) is 5.24. The number of hydrogen-bond acceptors (Lipinski definition) is 2. The summed E-state index contributed by atoms with van der Waals surface area (Å²) in [5, 5.41) is 0. The summed E-state index contributed by atoms with van der Waals surface area (Å²) in [4.78, 5) is 15.1. The number of nitrogens with zero attached hydrogens (tertiary/aromatic N) is 1. The largest absolute Gasteiger partial charge is 0.443 e. The molecule has 0 spiro atoms. The molecule has 4 fully saturated rings. The summed E-state index contributed by atoms with van der Waals surface area (Å²) in [6.07, 6.45) is 12.8. The van der Waals surface area contributed by atoms with Crippen LogP contribution < -0.4 is 0 Å². The highest BCUT2D eigenvalue weighted by Gasteiger charge is 2.47. The summed E-state index contributed by atoms with van der Waals surface area (Å²) in [5.41, 5.74) is -0.185. The molecule has 0 radical (unpaired) electrons. The Balaban J connectivity index is 1.45. The second kappa shape index (κ2) is 6.53. The Morgan fingerprint density at radius 3 is 2.00 bits per heavy atom. The number of rotatable bonds is 2. The lowest BCUT2D eigenvalue weighted by Crippen LogP contribution is -2.54. The van der Waals surface area contributed by atoms with Crippen molar-refractivity contribution >= 4 is 6.09 Å². The van der Waals surface area contributed by atoms with E-state index in [9.17, 15) is 4.79 Å². The maximum atomic E-state index is 13.0. The smallest absolute Gasteiger partial charge is 0.410 e. The Labute approximate surface area is 147 Å². The SMILES string of the molecule is CC(C)C1(OC(=O)N2CC3CCCC4CCCC(C2)C43)CCCC1. The highest BCUT2D eigenvalue weighted by Crippen LogP contribution is 2.50. The van der Waals surface area contributed by atoms with Crippen molar-refractivity contribution in [3.63, 3.8) is 0 Å². The van der Waals surface area contributed by atoms with Crippen LogP contribution in [-0.4, -0.2) is 29.7 Å². The Kier molecular flexibility index (Phi) is 4.55. The topological polar surface area (TPSA) is 29.5 Å². The molecule has 4 aliphatic rings. The van der Waals surface area contributed by atoms with Gasteiger partial charge >= 0.3 is 6.09 Å². The number of hydrogen-bond donors (Lipinski definition) is 0. The van der Waals surface area contributed by atoms with Gasteiger partial charge in [0.2, 0.25) is 0 Å². The zero-order chi connectivity index (χ0) is 16.7. The molecule has 2 unspecified atom stereocenters. The van der Waals surface area contributed by atoms with Crippen molar-refractivity contribution in [3.05, 3.63) is 0 Å². The van der Waals surface area contributed by atoms with Gasteiger partial charge in [0.25, 0.3) is 0 Å². The Morgan fingerprint density at radius 1 is 0.917 bits per heavy atom. The van der Waals surface area contributed by atoms with E-state index in [1.807, 2.05) is 0 Å². The van der Waals surface area contributed by atoms with Gasteiger partial charge in [-0.2, -0.15) is 0 Å². The van der Waals surface area contributed by atoms with Crippen molar-refractivity contribution in [1.29, 1.82) is 0 Å². The highest BCUT2D eigenvalue weighted by atomic mass is 16.6. The number of likely N-dealkylation sites (tertiary alicyclic amines) is 1. The molecule has 3 nitrogen and oxygen atoms in total. The molecule has 1 aliphatic heterocycles. The third-order valence-electron chi connectivity index (χ3n) is 7.89. The van der Waals surface area contributed by atoms with E-state index in [1.165, 1.54) is 51.4 Å². The molecule has 1 amide bonds. The third-order valence-corrected chi connectivity index (χ3v) is 7.89. The predicted molar refractivity (Wildman–Crippen MR) is 95.8 cm³/mol. The Bertz CT molecular complexity index is 448. The molecule has 136 valence electrons. The molecule has 0 bridgehead atoms. The van der Waals surface area contributed by atoms with Crippen molar-refractivity contribution in [2.75, 3.05) is 13.1 Å². The van der Waals surface area contributed by atoms with E-state index in [4.69, 9.17) is 4.74 Å². The van der Waals surface area contributed by atoms with E-state index in [-0.39, 0.29) is 11.7 Å². The van der Waals surface area contributed by atoms with Gasteiger partial charge in [0.15, 0.2) is 0 Å². The van der Waals surface area contributed by atoms with Crippen molar-refractivity contribution < 1.29 is 9.53 Å². The lowest BCUT2D eigenvalue weighted by atomic mass is 9.59. The minimum absolute atomic E-state index is 0.00301. The van der Waals surface area contributed by atoms with E-state index >= 15 is 0 Å². The maximum Gasteiger partial charge on any atom is 0.410 e. The fraction of sp³-hybridized carbons (Fsp3) is 0.952. The number of carbonyl (C=O) groups is 1. The molecule has 24 heavy (non-hydrogen) atoms. The molecular formula is C21H35NO2. The molecule has 2 atom stereocenters. The lowest BCUT2D eigenvalue weighted by molar-refractivity contribution is -0.0656. The zero-order valence-corrected chi connectivity index (χ0v) is 15.6. The van der Waals surface area contributed by atoms with Crippen molar-refractivity contribution in [3.8, 4) is 0 Å². The van der Waals surface area contributed by atoms with Gasteiger partial charge in [0.05, 0.1) is 0 Å². The fourth-order valence-corrected chi connectivity index (χ4v) is 6.58. The van der Waals surface area contributed by atoms with Crippen LogP contribution >= 0.6 is 0 Å². The molecule has 0 aromatic heterocycles. The van der Waals surface area contributed by atoms with Gasteiger partial charge in [-0.25, -0.2) is 4.79 Å². The number of carbonyl (C=O) groups excluding carboxylic acids is 1. The van der Waals surface area contributed by atoms with Gasteiger partial charge in [-0.05, 0) is 68.1 Å². The highest BCUT2D eigenvalue weighted by molar-refractivity contribution is 5.68. The molecule has 3 heteroatoms. The van der Waals surface area contributed by atoms with Crippen LogP contribution in [0, 0.1) is 29.6 Å². The summed E-state index contributed by atoms with van der Waals surface area (Å²) >= 11 is 0. The van der Waals surface area contributed by atoms with Crippen LogP contribution in [-0.2, 0) is 4.74 Å². The Morgan fingerprint density at radius 2 is 1.46 bits per heavy atom. The third kappa shape index (κ3) is 2.86. The van der Waals surface area contributed by atoms with Crippen LogP contribution in [0.15, 0.2) is 0 Å². The van der Waals surface area contributed by atoms with E-state index in [0.29, 0.717) is 5.92 Å².